The lowest BCUT2D eigenvalue weighted by molar-refractivity contribution is -0.135. The maximum atomic E-state index is 13.0. The Kier molecular flexibility index (Phi) is 5.09. The Hall–Kier alpha value is -1.62. The number of aromatic nitrogens is 2. The monoisotopic (exact) mass is 389 g/mol. The first-order valence-electron chi connectivity index (χ1n) is 8.50. The zero-order valence-corrected chi connectivity index (χ0v) is 16.1. The molecular formula is C19H24BrN3O. The van der Waals surface area contributed by atoms with Crippen LogP contribution in [0.2, 0.25) is 0 Å². The standard InChI is InChI=1S/C19H24BrN3O/c1-13-19(20)15(3)23(21-13)12-18(24)22(14(2)17-9-10-17)11-16-7-5-4-6-8-16/h4-8,14,17H,9-12H2,1-3H3. The van der Waals surface area contributed by atoms with E-state index in [0.29, 0.717) is 19.0 Å². The molecule has 1 fully saturated rings. The van der Waals surface area contributed by atoms with Crippen LogP contribution < -0.4 is 0 Å². The predicted molar refractivity (Wildman–Crippen MR) is 98.6 cm³/mol. The molecule has 1 aromatic heterocycles. The van der Waals surface area contributed by atoms with E-state index in [2.05, 4.69) is 40.1 Å². The highest BCUT2D eigenvalue weighted by atomic mass is 79.9. The summed E-state index contributed by atoms with van der Waals surface area (Å²) in [5, 5.41) is 4.48. The number of hydrogen-bond acceptors (Lipinski definition) is 2. The van der Waals surface area contributed by atoms with Crippen molar-refractivity contribution in [2.24, 2.45) is 5.92 Å². The fraction of sp³-hybridized carbons (Fsp3) is 0.474. The summed E-state index contributed by atoms with van der Waals surface area (Å²) in [6, 6.07) is 10.5. The summed E-state index contributed by atoms with van der Waals surface area (Å²) in [5.74, 6) is 0.779. The number of carbonyl (C=O) groups excluding carboxylic acids is 1. The number of benzene rings is 1. The summed E-state index contributed by atoms with van der Waals surface area (Å²) < 4.78 is 2.79. The Labute approximate surface area is 152 Å². The third kappa shape index (κ3) is 3.72. The molecule has 0 N–H and O–H groups in total. The molecule has 0 spiro atoms. The molecule has 1 atom stereocenters. The molecular weight excluding hydrogens is 366 g/mol. The van der Waals surface area contributed by atoms with Gasteiger partial charge in [-0.1, -0.05) is 30.3 Å². The normalized spacial score (nSPS) is 15.3. The molecule has 0 radical (unpaired) electrons. The minimum atomic E-state index is 0.136. The topological polar surface area (TPSA) is 38.1 Å². The summed E-state index contributed by atoms with van der Waals surface area (Å²) in [4.78, 5) is 15.0. The van der Waals surface area contributed by atoms with Gasteiger partial charge in [-0.25, -0.2) is 0 Å². The smallest absolute Gasteiger partial charge is 0.244 e. The Morgan fingerprint density at radius 3 is 2.54 bits per heavy atom. The number of rotatable bonds is 6. The Morgan fingerprint density at radius 1 is 1.33 bits per heavy atom. The molecule has 1 amide bonds. The van der Waals surface area contributed by atoms with Crippen LogP contribution in [-0.4, -0.2) is 26.6 Å². The van der Waals surface area contributed by atoms with Crippen molar-refractivity contribution in [2.45, 2.75) is 52.7 Å². The van der Waals surface area contributed by atoms with Crippen molar-refractivity contribution in [1.82, 2.24) is 14.7 Å². The molecule has 0 saturated heterocycles. The quantitative estimate of drug-likeness (QED) is 0.745. The van der Waals surface area contributed by atoms with Gasteiger partial charge in [-0.05, 0) is 61.0 Å². The van der Waals surface area contributed by atoms with Gasteiger partial charge in [-0.15, -0.1) is 0 Å². The highest BCUT2D eigenvalue weighted by Crippen LogP contribution is 2.36. The summed E-state index contributed by atoms with van der Waals surface area (Å²) in [6.45, 7) is 7.07. The number of nitrogens with zero attached hydrogens (tertiary/aromatic N) is 3. The first-order valence-corrected chi connectivity index (χ1v) is 9.29. The predicted octanol–water partition coefficient (Wildman–Crippen LogP) is 4.09. The Morgan fingerprint density at radius 2 is 2.00 bits per heavy atom. The molecule has 1 aromatic carbocycles. The van der Waals surface area contributed by atoms with Crippen LogP contribution >= 0.6 is 15.9 Å². The van der Waals surface area contributed by atoms with E-state index in [9.17, 15) is 4.79 Å². The van der Waals surface area contributed by atoms with Gasteiger partial charge >= 0.3 is 0 Å². The van der Waals surface area contributed by atoms with Gasteiger partial charge < -0.3 is 4.90 Å². The molecule has 4 nitrogen and oxygen atoms in total. The van der Waals surface area contributed by atoms with E-state index in [0.717, 1.165) is 15.9 Å². The molecule has 2 aromatic rings. The third-order valence-electron chi connectivity index (χ3n) is 4.89. The van der Waals surface area contributed by atoms with Crippen LogP contribution in [0.25, 0.3) is 0 Å². The summed E-state index contributed by atoms with van der Waals surface area (Å²) in [5.41, 5.74) is 3.10. The number of hydrogen-bond donors (Lipinski definition) is 0. The zero-order chi connectivity index (χ0) is 17.3. The van der Waals surface area contributed by atoms with E-state index in [1.807, 2.05) is 36.9 Å². The first-order chi connectivity index (χ1) is 11.5. The molecule has 1 unspecified atom stereocenters. The number of halogens is 1. The Bertz CT molecular complexity index is 722. The fourth-order valence-electron chi connectivity index (χ4n) is 3.12. The van der Waals surface area contributed by atoms with Crippen LogP contribution in [0.1, 0.15) is 36.7 Å². The van der Waals surface area contributed by atoms with Gasteiger partial charge in [-0.2, -0.15) is 5.10 Å². The van der Waals surface area contributed by atoms with Gasteiger partial charge in [0.1, 0.15) is 6.54 Å². The van der Waals surface area contributed by atoms with Gasteiger partial charge in [0.15, 0.2) is 0 Å². The molecule has 128 valence electrons. The maximum absolute atomic E-state index is 13.0. The molecule has 1 aliphatic rings. The van der Waals surface area contributed by atoms with Crippen LogP contribution in [0.5, 0.6) is 0 Å². The van der Waals surface area contributed by atoms with E-state index < -0.39 is 0 Å². The molecule has 1 heterocycles. The van der Waals surface area contributed by atoms with Crippen molar-refractivity contribution in [1.29, 1.82) is 0 Å². The lowest BCUT2D eigenvalue weighted by Gasteiger charge is -2.30. The highest BCUT2D eigenvalue weighted by molar-refractivity contribution is 9.10. The summed E-state index contributed by atoms with van der Waals surface area (Å²) in [6.07, 6.45) is 2.45. The number of amides is 1. The first kappa shape index (κ1) is 17.2. The lowest BCUT2D eigenvalue weighted by atomic mass is 10.1. The van der Waals surface area contributed by atoms with Crippen LogP contribution in [-0.2, 0) is 17.9 Å². The van der Waals surface area contributed by atoms with Gasteiger partial charge in [0.2, 0.25) is 5.91 Å². The minimum Gasteiger partial charge on any atom is -0.334 e. The SMILES string of the molecule is Cc1nn(CC(=O)N(Cc2ccccc2)C(C)C2CC2)c(C)c1Br. The van der Waals surface area contributed by atoms with Gasteiger partial charge in [0.25, 0.3) is 0 Å². The minimum absolute atomic E-state index is 0.136. The van der Waals surface area contributed by atoms with E-state index in [1.165, 1.54) is 18.4 Å². The van der Waals surface area contributed by atoms with Crippen molar-refractivity contribution in [2.75, 3.05) is 0 Å². The van der Waals surface area contributed by atoms with Crippen LogP contribution in [0.15, 0.2) is 34.8 Å². The molecule has 1 aliphatic carbocycles. The van der Waals surface area contributed by atoms with Crippen LogP contribution in [0.4, 0.5) is 0 Å². The average molecular weight is 390 g/mol. The molecule has 0 aliphatic heterocycles. The van der Waals surface area contributed by atoms with Crippen molar-refractivity contribution in [3.05, 3.63) is 51.8 Å². The zero-order valence-electron chi connectivity index (χ0n) is 14.5. The lowest BCUT2D eigenvalue weighted by Crippen LogP contribution is -2.41. The third-order valence-corrected chi connectivity index (χ3v) is 6.04. The molecule has 0 bridgehead atoms. The highest BCUT2D eigenvalue weighted by Gasteiger charge is 2.34. The maximum Gasteiger partial charge on any atom is 0.244 e. The van der Waals surface area contributed by atoms with E-state index >= 15 is 0 Å². The molecule has 5 heteroatoms. The van der Waals surface area contributed by atoms with Gasteiger partial charge in [0, 0.05) is 12.6 Å². The summed E-state index contributed by atoms with van der Waals surface area (Å²) in [7, 11) is 0. The average Bonchev–Trinajstić information content (AvgIpc) is 3.39. The molecule has 1 saturated carbocycles. The van der Waals surface area contributed by atoms with Crippen molar-refractivity contribution < 1.29 is 4.79 Å². The summed E-state index contributed by atoms with van der Waals surface area (Å²) >= 11 is 3.53. The molecule has 3 rings (SSSR count). The van der Waals surface area contributed by atoms with Crippen molar-refractivity contribution in [3.63, 3.8) is 0 Å². The van der Waals surface area contributed by atoms with Gasteiger partial charge in [0.05, 0.1) is 15.9 Å². The second-order valence-electron chi connectivity index (χ2n) is 6.73. The number of aryl methyl sites for hydroxylation is 1. The largest absolute Gasteiger partial charge is 0.334 e. The van der Waals surface area contributed by atoms with Crippen molar-refractivity contribution in [3.8, 4) is 0 Å². The second-order valence-corrected chi connectivity index (χ2v) is 7.52. The van der Waals surface area contributed by atoms with Crippen LogP contribution in [0.3, 0.4) is 0 Å². The van der Waals surface area contributed by atoms with E-state index in [1.54, 1.807) is 4.68 Å². The Balaban J connectivity index is 1.78. The van der Waals surface area contributed by atoms with Gasteiger partial charge in [-0.3, -0.25) is 9.48 Å². The van der Waals surface area contributed by atoms with Crippen molar-refractivity contribution >= 4 is 21.8 Å². The second kappa shape index (κ2) is 7.09. The van der Waals surface area contributed by atoms with E-state index in [4.69, 9.17) is 0 Å². The van der Waals surface area contributed by atoms with Crippen LogP contribution in [0, 0.1) is 19.8 Å². The fourth-order valence-corrected chi connectivity index (χ4v) is 3.40. The van der Waals surface area contributed by atoms with E-state index in [-0.39, 0.29) is 11.9 Å². The number of carbonyl (C=O) groups is 1. The molecule has 24 heavy (non-hydrogen) atoms.